The summed E-state index contributed by atoms with van der Waals surface area (Å²) < 4.78 is 29.7. The number of rotatable bonds is 3. The molecule has 0 radical (unpaired) electrons. The zero-order valence-electron chi connectivity index (χ0n) is 9.73. The Hall–Kier alpha value is -0.290. The van der Waals surface area contributed by atoms with Crippen LogP contribution in [0, 0.1) is 0 Å². The maximum absolute atomic E-state index is 12.2. The molecular weight excluding hydrogens is 295 g/mol. The largest absolute Gasteiger partial charge is 0.381 e. The fraction of sp³-hybridized carbons (Fsp3) is 0.500. The lowest BCUT2D eigenvalue weighted by Gasteiger charge is -2.22. The summed E-state index contributed by atoms with van der Waals surface area (Å²) in [6.07, 6.45) is 1.13. The van der Waals surface area contributed by atoms with Gasteiger partial charge in [-0.1, -0.05) is 29.3 Å². The van der Waals surface area contributed by atoms with Crippen LogP contribution in [0.25, 0.3) is 0 Å². The Balaban J connectivity index is 2.16. The van der Waals surface area contributed by atoms with Gasteiger partial charge in [-0.05, 0) is 30.5 Å². The quantitative estimate of drug-likeness (QED) is 0.862. The summed E-state index contributed by atoms with van der Waals surface area (Å²) in [6.45, 7) is 1.02. The van der Waals surface area contributed by atoms with E-state index in [-0.39, 0.29) is 11.0 Å². The summed E-state index contributed by atoms with van der Waals surface area (Å²) in [4.78, 5) is 0. The van der Waals surface area contributed by atoms with Gasteiger partial charge in [-0.3, -0.25) is 0 Å². The highest BCUT2D eigenvalue weighted by Crippen LogP contribution is 2.26. The van der Waals surface area contributed by atoms with E-state index in [2.05, 4.69) is 0 Å². The highest BCUT2D eigenvalue weighted by molar-refractivity contribution is 7.91. The molecule has 1 aliphatic rings. The Morgan fingerprint density at radius 1 is 1.22 bits per heavy atom. The van der Waals surface area contributed by atoms with Crippen molar-refractivity contribution in [1.29, 1.82) is 0 Å². The first-order valence-electron chi connectivity index (χ1n) is 5.72. The molecule has 0 aliphatic carbocycles. The van der Waals surface area contributed by atoms with Crippen LogP contribution in [-0.2, 0) is 20.3 Å². The molecule has 18 heavy (non-hydrogen) atoms. The number of hydrogen-bond acceptors (Lipinski definition) is 3. The second-order valence-corrected chi connectivity index (χ2v) is 7.48. The molecule has 1 fully saturated rings. The monoisotopic (exact) mass is 308 g/mol. The van der Waals surface area contributed by atoms with E-state index in [0.717, 1.165) is 0 Å². The summed E-state index contributed by atoms with van der Waals surface area (Å²) in [5.41, 5.74) is 0.604. The molecule has 100 valence electrons. The van der Waals surface area contributed by atoms with Gasteiger partial charge in [0.2, 0.25) is 0 Å². The summed E-state index contributed by atoms with van der Waals surface area (Å²) in [6, 6.07) is 4.89. The van der Waals surface area contributed by atoms with Crippen molar-refractivity contribution < 1.29 is 13.2 Å². The average Bonchev–Trinajstić information content (AvgIpc) is 2.34. The van der Waals surface area contributed by atoms with E-state index in [1.165, 1.54) is 0 Å². The molecule has 0 spiro atoms. The van der Waals surface area contributed by atoms with Crippen LogP contribution in [0.5, 0.6) is 0 Å². The van der Waals surface area contributed by atoms with Gasteiger partial charge in [0.05, 0.1) is 11.0 Å². The van der Waals surface area contributed by atoms with Crippen molar-refractivity contribution in [2.75, 3.05) is 13.2 Å². The third kappa shape index (κ3) is 3.38. The summed E-state index contributed by atoms with van der Waals surface area (Å²) in [5, 5.41) is 0.586. The number of halogens is 2. The van der Waals surface area contributed by atoms with E-state index < -0.39 is 9.84 Å². The van der Waals surface area contributed by atoms with Gasteiger partial charge in [-0.15, -0.1) is 0 Å². The van der Waals surface area contributed by atoms with Gasteiger partial charge in [0.15, 0.2) is 9.84 Å². The van der Waals surface area contributed by atoms with E-state index in [0.29, 0.717) is 41.7 Å². The van der Waals surface area contributed by atoms with E-state index >= 15 is 0 Å². The molecule has 0 N–H and O–H groups in total. The first kappa shape index (κ1) is 14.1. The predicted octanol–water partition coefficient (Wildman–Crippen LogP) is 3.09. The second-order valence-electron chi connectivity index (χ2n) is 4.35. The molecule has 3 nitrogen and oxygen atoms in total. The van der Waals surface area contributed by atoms with Gasteiger partial charge < -0.3 is 4.74 Å². The smallest absolute Gasteiger partial charge is 0.157 e. The van der Waals surface area contributed by atoms with Crippen LogP contribution in [0.2, 0.25) is 10.0 Å². The molecule has 0 unspecified atom stereocenters. The Kier molecular flexibility index (Phi) is 4.54. The molecule has 1 aromatic carbocycles. The van der Waals surface area contributed by atoms with Gasteiger partial charge in [0.25, 0.3) is 0 Å². The molecular formula is C12H14Cl2O3S. The number of sulfone groups is 1. The third-order valence-electron chi connectivity index (χ3n) is 3.05. The first-order chi connectivity index (χ1) is 8.49. The SMILES string of the molecule is O=S(=O)(Cc1ccc(Cl)cc1Cl)C1CCOCC1. The highest BCUT2D eigenvalue weighted by Gasteiger charge is 2.28. The minimum atomic E-state index is -3.18. The number of ether oxygens (including phenoxy) is 1. The summed E-state index contributed by atoms with van der Waals surface area (Å²) in [7, 11) is -3.18. The maximum Gasteiger partial charge on any atom is 0.157 e. The fourth-order valence-corrected chi connectivity index (χ4v) is 4.39. The molecule has 2 rings (SSSR count). The fourth-order valence-electron chi connectivity index (χ4n) is 2.01. The predicted molar refractivity (Wildman–Crippen MR) is 72.9 cm³/mol. The van der Waals surface area contributed by atoms with Crippen molar-refractivity contribution in [3.05, 3.63) is 33.8 Å². The van der Waals surface area contributed by atoms with Crippen molar-refractivity contribution in [3.63, 3.8) is 0 Å². The van der Waals surface area contributed by atoms with Crippen LogP contribution in [0.4, 0.5) is 0 Å². The van der Waals surface area contributed by atoms with Crippen LogP contribution in [0.15, 0.2) is 18.2 Å². The Bertz CT molecular complexity index is 522. The average molecular weight is 309 g/mol. The van der Waals surface area contributed by atoms with E-state index in [1.807, 2.05) is 0 Å². The lowest BCUT2D eigenvalue weighted by Crippen LogP contribution is -2.29. The van der Waals surface area contributed by atoms with Crippen LogP contribution in [-0.4, -0.2) is 26.9 Å². The van der Waals surface area contributed by atoms with Crippen molar-refractivity contribution in [2.24, 2.45) is 0 Å². The van der Waals surface area contributed by atoms with Gasteiger partial charge in [-0.25, -0.2) is 8.42 Å². The number of benzene rings is 1. The van der Waals surface area contributed by atoms with E-state index in [1.54, 1.807) is 18.2 Å². The molecule has 0 aromatic heterocycles. The topological polar surface area (TPSA) is 43.4 Å². The lowest BCUT2D eigenvalue weighted by molar-refractivity contribution is 0.0983. The van der Waals surface area contributed by atoms with Crippen LogP contribution in [0.1, 0.15) is 18.4 Å². The zero-order chi connectivity index (χ0) is 13.2. The molecule has 1 aromatic rings. The molecule has 1 heterocycles. The molecule has 0 amide bonds. The van der Waals surface area contributed by atoms with E-state index in [9.17, 15) is 8.42 Å². The lowest BCUT2D eigenvalue weighted by atomic mass is 10.2. The highest BCUT2D eigenvalue weighted by atomic mass is 35.5. The van der Waals surface area contributed by atoms with Crippen LogP contribution in [0.3, 0.4) is 0 Å². The van der Waals surface area contributed by atoms with Gasteiger partial charge in [0.1, 0.15) is 0 Å². The minimum Gasteiger partial charge on any atom is -0.381 e. The Morgan fingerprint density at radius 2 is 1.89 bits per heavy atom. The van der Waals surface area contributed by atoms with Crippen molar-refractivity contribution in [1.82, 2.24) is 0 Å². The standard InChI is InChI=1S/C12H14Cl2O3S/c13-10-2-1-9(12(14)7-10)8-18(15,16)11-3-5-17-6-4-11/h1-2,7,11H,3-6,8H2. The molecule has 1 saturated heterocycles. The van der Waals surface area contributed by atoms with Crippen LogP contribution >= 0.6 is 23.2 Å². The van der Waals surface area contributed by atoms with Gasteiger partial charge in [-0.2, -0.15) is 0 Å². The molecule has 0 saturated carbocycles. The van der Waals surface area contributed by atoms with Crippen molar-refractivity contribution in [2.45, 2.75) is 23.8 Å². The number of hydrogen-bond donors (Lipinski definition) is 0. The van der Waals surface area contributed by atoms with Gasteiger partial charge >= 0.3 is 0 Å². The normalized spacial score (nSPS) is 17.9. The van der Waals surface area contributed by atoms with Crippen molar-refractivity contribution >= 4 is 33.0 Å². The zero-order valence-corrected chi connectivity index (χ0v) is 12.1. The molecule has 0 bridgehead atoms. The Morgan fingerprint density at radius 3 is 2.50 bits per heavy atom. The minimum absolute atomic E-state index is 0.0341. The maximum atomic E-state index is 12.2. The summed E-state index contributed by atoms with van der Waals surface area (Å²) in [5.74, 6) is -0.0341. The van der Waals surface area contributed by atoms with E-state index in [4.69, 9.17) is 27.9 Å². The first-order valence-corrected chi connectivity index (χ1v) is 8.19. The summed E-state index contributed by atoms with van der Waals surface area (Å²) >= 11 is 11.8. The molecule has 0 atom stereocenters. The van der Waals surface area contributed by atoms with Crippen LogP contribution < -0.4 is 0 Å². The molecule has 6 heteroatoms. The second kappa shape index (κ2) is 5.78. The van der Waals surface area contributed by atoms with Gasteiger partial charge in [0, 0.05) is 23.3 Å². The molecule has 1 aliphatic heterocycles. The Labute approximate surface area is 117 Å². The third-order valence-corrected chi connectivity index (χ3v) is 5.84. The van der Waals surface area contributed by atoms with Crippen molar-refractivity contribution in [3.8, 4) is 0 Å².